The Kier molecular flexibility index (Phi) is 3.75. The molecule has 0 spiro atoms. The fraction of sp³-hybridized carbons (Fsp3) is 0.438. The molecule has 122 valence electrons. The molecule has 1 saturated heterocycles. The molecule has 6 nitrogen and oxygen atoms in total. The molecule has 0 saturated carbocycles. The molecule has 1 aromatic carbocycles. The van der Waals surface area contributed by atoms with E-state index in [0.717, 1.165) is 22.1 Å². The summed E-state index contributed by atoms with van der Waals surface area (Å²) in [7, 11) is -0.467. The van der Waals surface area contributed by atoms with E-state index >= 15 is 0 Å². The molecule has 0 aliphatic carbocycles. The number of imidazole rings is 1. The van der Waals surface area contributed by atoms with Gasteiger partial charge < -0.3 is 25.0 Å². The second kappa shape index (κ2) is 5.37. The average molecular weight is 315 g/mol. The lowest BCUT2D eigenvalue weighted by Gasteiger charge is -2.32. The highest BCUT2D eigenvalue weighted by Gasteiger charge is 2.52. The van der Waals surface area contributed by atoms with Gasteiger partial charge in [-0.25, -0.2) is 4.79 Å². The minimum atomic E-state index is -0.467. The smallest absolute Gasteiger partial charge is 0.400 e. The van der Waals surface area contributed by atoms with Crippen LogP contribution in [0.1, 0.15) is 33.3 Å². The molecular weight excluding hydrogens is 293 g/mol. The first-order chi connectivity index (χ1) is 10.7. The van der Waals surface area contributed by atoms with Gasteiger partial charge in [-0.2, -0.15) is 0 Å². The number of H-pyrrole nitrogens is 2. The quantitative estimate of drug-likeness (QED) is 0.753. The van der Waals surface area contributed by atoms with E-state index in [1.807, 2.05) is 52.0 Å². The van der Waals surface area contributed by atoms with Gasteiger partial charge in [0.15, 0.2) is 0 Å². The highest BCUT2D eigenvalue weighted by atomic mass is 16.7. The molecule has 0 unspecified atom stereocenters. The Morgan fingerprint density at radius 3 is 2.39 bits per heavy atom. The Balaban J connectivity index is 1.93. The van der Waals surface area contributed by atoms with Crippen LogP contribution in [0, 0.1) is 0 Å². The maximum Gasteiger partial charge on any atom is 0.491 e. The summed E-state index contributed by atoms with van der Waals surface area (Å²) in [5, 5.41) is 0. The van der Waals surface area contributed by atoms with E-state index in [-0.39, 0.29) is 5.69 Å². The third kappa shape index (κ3) is 2.87. The van der Waals surface area contributed by atoms with Crippen molar-refractivity contribution in [2.24, 2.45) is 5.73 Å². The van der Waals surface area contributed by atoms with Crippen LogP contribution in [0.3, 0.4) is 0 Å². The van der Waals surface area contributed by atoms with Crippen molar-refractivity contribution in [2.75, 3.05) is 6.54 Å². The van der Waals surface area contributed by atoms with Gasteiger partial charge in [0.25, 0.3) is 0 Å². The summed E-state index contributed by atoms with van der Waals surface area (Å²) in [6, 6.07) is 5.68. The largest absolute Gasteiger partial charge is 0.491 e. The van der Waals surface area contributed by atoms with Crippen molar-refractivity contribution in [3.8, 4) is 0 Å². The average Bonchev–Trinajstić information content (AvgIpc) is 2.91. The maximum atomic E-state index is 11.3. The lowest BCUT2D eigenvalue weighted by molar-refractivity contribution is 0.00578. The summed E-state index contributed by atoms with van der Waals surface area (Å²) in [4.78, 5) is 16.8. The van der Waals surface area contributed by atoms with Crippen molar-refractivity contribution in [1.29, 1.82) is 0 Å². The molecule has 0 amide bonds. The number of hydrogen-bond donors (Lipinski definition) is 3. The Morgan fingerprint density at radius 1 is 1.17 bits per heavy atom. The maximum absolute atomic E-state index is 11.3. The first kappa shape index (κ1) is 16.0. The number of nitrogens with two attached hydrogens (primary N) is 1. The molecular formula is C16H22BN3O3. The van der Waals surface area contributed by atoms with Crippen molar-refractivity contribution in [3.05, 3.63) is 39.7 Å². The number of aromatic amines is 2. The van der Waals surface area contributed by atoms with E-state index in [4.69, 9.17) is 15.0 Å². The Hall–Kier alpha value is -1.83. The molecule has 4 N–H and O–H groups in total. The molecule has 2 heterocycles. The predicted octanol–water partition coefficient (Wildman–Crippen LogP) is 1.83. The van der Waals surface area contributed by atoms with E-state index in [0.29, 0.717) is 6.54 Å². The Morgan fingerprint density at radius 2 is 1.78 bits per heavy atom. The Labute approximate surface area is 135 Å². The molecule has 0 bridgehead atoms. The van der Waals surface area contributed by atoms with Gasteiger partial charge in [-0.1, -0.05) is 12.1 Å². The number of fused-ring (bicyclic) bond motifs is 1. The molecule has 23 heavy (non-hydrogen) atoms. The lowest BCUT2D eigenvalue weighted by Crippen LogP contribution is -2.41. The summed E-state index contributed by atoms with van der Waals surface area (Å²) >= 11 is 0. The molecule has 7 heteroatoms. The normalized spacial score (nSPS) is 20.4. The van der Waals surface area contributed by atoms with E-state index < -0.39 is 18.3 Å². The van der Waals surface area contributed by atoms with Crippen LogP contribution in [-0.2, 0) is 9.31 Å². The molecule has 1 fully saturated rings. The monoisotopic (exact) mass is 315 g/mol. The minimum absolute atomic E-state index is 0.217. The second-order valence-corrected chi connectivity index (χ2v) is 6.90. The molecule has 1 aliphatic heterocycles. The highest BCUT2D eigenvalue weighted by molar-refractivity contribution is 6.55. The van der Waals surface area contributed by atoms with E-state index in [1.54, 1.807) is 0 Å². The summed E-state index contributed by atoms with van der Waals surface area (Å²) in [6.07, 6.45) is 1.95. The van der Waals surface area contributed by atoms with Crippen LogP contribution in [0.2, 0.25) is 0 Å². The molecule has 1 aromatic heterocycles. The summed E-state index contributed by atoms with van der Waals surface area (Å²) in [6.45, 7) is 8.38. The molecule has 0 atom stereocenters. The van der Waals surface area contributed by atoms with Gasteiger partial charge in [-0.05, 0) is 50.9 Å². The van der Waals surface area contributed by atoms with Crippen LogP contribution < -0.4 is 11.4 Å². The summed E-state index contributed by atoms with van der Waals surface area (Å²) < 4.78 is 12.1. The third-order valence-corrected chi connectivity index (χ3v) is 4.68. The molecule has 3 rings (SSSR count). The third-order valence-electron chi connectivity index (χ3n) is 4.68. The second-order valence-electron chi connectivity index (χ2n) is 6.90. The van der Waals surface area contributed by atoms with Gasteiger partial charge in [0.05, 0.1) is 22.2 Å². The minimum Gasteiger partial charge on any atom is -0.400 e. The number of rotatable bonds is 3. The molecule has 1 aliphatic rings. The number of aromatic nitrogens is 2. The van der Waals surface area contributed by atoms with E-state index in [1.165, 1.54) is 0 Å². The number of nitrogens with one attached hydrogen (secondary N) is 2. The van der Waals surface area contributed by atoms with Gasteiger partial charge in [0, 0.05) is 6.54 Å². The van der Waals surface area contributed by atoms with Crippen LogP contribution in [0.25, 0.3) is 17.1 Å². The van der Waals surface area contributed by atoms with Gasteiger partial charge in [0.1, 0.15) is 0 Å². The van der Waals surface area contributed by atoms with Crippen molar-refractivity contribution in [1.82, 2.24) is 9.97 Å². The van der Waals surface area contributed by atoms with Crippen LogP contribution in [0.15, 0.2) is 28.5 Å². The molecule has 0 radical (unpaired) electrons. The van der Waals surface area contributed by atoms with Gasteiger partial charge in [-0.15, -0.1) is 0 Å². The zero-order valence-electron chi connectivity index (χ0n) is 13.9. The Bertz CT molecular complexity index is 803. The zero-order chi connectivity index (χ0) is 16.8. The van der Waals surface area contributed by atoms with Crippen molar-refractivity contribution in [2.45, 2.75) is 38.9 Å². The van der Waals surface area contributed by atoms with Crippen LogP contribution in [-0.4, -0.2) is 34.8 Å². The van der Waals surface area contributed by atoms with Gasteiger partial charge in [-0.3, -0.25) is 0 Å². The van der Waals surface area contributed by atoms with Gasteiger partial charge in [0.2, 0.25) is 0 Å². The van der Waals surface area contributed by atoms with Crippen LogP contribution in [0.4, 0.5) is 0 Å². The fourth-order valence-corrected chi connectivity index (χ4v) is 2.57. The standard InChI is InChI=1S/C16H22BN3O3/c1-15(2)16(3,4)23-17(22-15)11(9-18)7-10-5-6-12-13(8-10)20-14(21)19-12/h5-8H,9,18H2,1-4H3,(H2,19,20,21). The lowest BCUT2D eigenvalue weighted by atomic mass is 9.77. The summed E-state index contributed by atoms with van der Waals surface area (Å²) in [5.41, 5.74) is 8.21. The first-order valence-corrected chi connectivity index (χ1v) is 7.70. The van der Waals surface area contributed by atoms with Crippen LogP contribution in [0.5, 0.6) is 0 Å². The van der Waals surface area contributed by atoms with Crippen LogP contribution >= 0.6 is 0 Å². The van der Waals surface area contributed by atoms with Crippen molar-refractivity contribution < 1.29 is 9.31 Å². The van der Waals surface area contributed by atoms with E-state index in [9.17, 15) is 4.79 Å². The van der Waals surface area contributed by atoms with Gasteiger partial charge >= 0.3 is 12.8 Å². The highest BCUT2D eigenvalue weighted by Crippen LogP contribution is 2.38. The first-order valence-electron chi connectivity index (χ1n) is 7.70. The zero-order valence-corrected chi connectivity index (χ0v) is 13.9. The van der Waals surface area contributed by atoms with E-state index in [2.05, 4.69) is 9.97 Å². The fourth-order valence-electron chi connectivity index (χ4n) is 2.57. The molecule has 2 aromatic rings. The number of hydrogen-bond acceptors (Lipinski definition) is 4. The summed E-state index contributed by atoms with van der Waals surface area (Å²) in [5.74, 6) is 0. The predicted molar refractivity (Wildman–Crippen MR) is 92.0 cm³/mol. The number of benzene rings is 1. The SMILES string of the molecule is CC1(C)OB(C(=Cc2ccc3[nH]c(=O)[nH]c3c2)CN)OC1(C)C. The topological polar surface area (TPSA) is 93.1 Å². The van der Waals surface area contributed by atoms with Crippen molar-refractivity contribution in [3.63, 3.8) is 0 Å². The van der Waals surface area contributed by atoms with Crippen molar-refractivity contribution >= 4 is 24.2 Å².